The van der Waals surface area contributed by atoms with Crippen LogP contribution >= 0.6 is 0 Å². The molecule has 4 heteroatoms. The van der Waals surface area contributed by atoms with Crippen molar-refractivity contribution in [3.63, 3.8) is 0 Å². The Labute approximate surface area is 115 Å². The van der Waals surface area contributed by atoms with Gasteiger partial charge in [0.15, 0.2) is 0 Å². The highest BCUT2D eigenvalue weighted by atomic mass is 19.1. The average Bonchev–Trinajstić information content (AvgIpc) is 2.37. The largest absolute Gasteiger partial charge is 0.389 e. The lowest BCUT2D eigenvalue weighted by Crippen LogP contribution is -2.28. The number of benzene rings is 1. The number of ether oxygens (including phenoxy) is 1. The van der Waals surface area contributed by atoms with Gasteiger partial charge in [-0.3, -0.25) is 0 Å². The molecule has 0 bridgehead atoms. The fourth-order valence-electron chi connectivity index (χ4n) is 2.06. The van der Waals surface area contributed by atoms with Crippen LogP contribution in [-0.4, -0.2) is 31.4 Å². The number of aliphatic hydroxyl groups excluding tert-OH is 1. The van der Waals surface area contributed by atoms with Gasteiger partial charge >= 0.3 is 0 Å². The van der Waals surface area contributed by atoms with Gasteiger partial charge in [-0.25, -0.2) is 4.39 Å². The first-order valence-corrected chi connectivity index (χ1v) is 6.82. The molecule has 1 aromatic rings. The Morgan fingerprint density at radius 1 is 1.37 bits per heavy atom. The SMILES string of the molecule is CCOCCN(CC)c1cc(C)c(F)cc1[C@@H](C)O. The number of likely N-dealkylation sites (N-methyl/N-ethyl adjacent to an activating group) is 1. The molecular formula is C15H24FNO2. The number of nitrogens with zero attached hydrogens (tertiary/aromatic N) is 1. The Morgan fingerprint density at radius 2 is 2.05 bits per heavy atom. The number of aliphatic hydroxyl groups is 1. The van der Waals surface area contributed by atoms with E-state index >= 15 is 0 Å². The minimum Gasteiger partial charge on any atom is -0.389 e. The van der Waals surface area contributed by atoms with E-state index in [0.717, 1.165) is 18.8 Å². The molecule has 0 aromatic heterocycles. The molecule has 0 spiro atoms. The molecule has 3 nitrogen and oxygen atoms in total. The minimum atomic E-state index is -0.689. The maximum atomic E-state index is 13.6. The molecule has 0 saturated heterocycles. The summed E-state index contributed by atoms with van der Waals surface area (Å²) >= 11 is 0. The Hall–Kier alpha value is -1.13. The first-order chi connectivity index (χ1) is 9.01. The summed E-state index contributed by atoms with van der Waals surface area (Å²) < 4.78 is 19.0. The topological polar surface area (TPSA) is 32.7 Å². The third-order valence-electron chi connectivity index (χ3n) is 3.19. The minimum absolute atomic E-state index is 0.277. The second-order valence-electron chi connectivity index (χ2n) is 4.61. The summed E-state index contributed by atoms with van der Waals surface area (Å²) in [6.45, 7) is 10.2. The Morgan fingerprint density at radius 3 is 2.58 bits per heavy atom. The highest BCUT2D eigenvalue weighted by Gasteiger charge is 2.16. The van der Waals surface area contributed by atoms with E-state index in [9.17, 15) is 9.50 Å². The number of halogens is 1. The zero-order valence-corrected chi connectivity index (χ0v) is 12.2. The van der Waals surface area contributed by atoms with E-state index in [1.54, 1.807) is 19.9 Å². The number of anilines is 1. The molecule has 0 fully saturated rings. The van der Waals surface area contributed by atoms with Crippen molar-refractivity contribution in [3.8, 4) is 0 Å². The number of rotatable bonds is 7. The second-order valence-corrected chi connectivity index (χ2v) is 4.61. The predicted octanol–water partition coefficient (Wildman–Crippen LogP) is 3.05. The van der Waals surface area contributed by atoms with E-state index in [-0.39, 0.29) is 5.82 Å². The normalized spacial score (nSPS) is 12.5. The van der Waals surface area contributed by atoms with Gasteiger partial charge in [0.25, 0.3) is 0 Å². The summed E-state index contributed by atoms with van der Waals surface area (Å²) in [7, 11) is 0. The lowest BCUT2D eigenvalue weighted by molar-refractivity contribution is 0.153. The molecule has 0 aliphatic rings. The Kier molecular flexibility index (Phi) is 6.25. The molecular weight excluding hydrogens is 245 g/mol. The standard InChI is InChI=1S/C15H24FNO2/c1-5-17(7-8-19-6-2)15-9-11(3)14(16)10-13(15)12(4)18/h9-10,12,18H,5-8H2,1-4H3/t12-/m1/s1. The molecule has 0 amide bonds. The van der Waals surface area contributed by atoms with Gasteiger partial charge in [-0.15, -0.1) is 0 Å². The van der Waals surface area contributed by atoms with Crippen LogP contribution in [0.3, 0.4) is 0 Å². The summed E-state index contributed by atoms with van der Waals surface area (Å²) in [6.07, 6.45) is -0.689. The quantitative estimate of drug-likeness (QED) is 0.772. The summed E-state index contributed by atoms with van der Waals surface area (Å²) in [5.41, 5.74) is 2.10. The smallest absolute Gasteiger partial charge is 0.126 e. The summed E-state index contributed by atoms with van der Waals surface area (Å²) in [4.78, 5) is 2.10. The first-order valence-electron chi connectivity index (χ1n) is 6.82. The van der Waals surface area contributed by atoms with Crippen molar-refractivity contribution in [2.45, 2.75) is 33.8 Å². The van der Waals surface area contributed by atoms with Crippen LogP contribution in [0.5, 0.6) is 0 Å². The lowest BCUT2D eigenvalue weighted by Gasteiger charge is -2.27. The summed E-state index contributed by atoms with van der Waals surface area (Å²) in [5, 5.41) is 9.81. The molecule has 0 saturated carbocycles. The summed E-state index contributed by atoms with van der Waals surface area (Å²) in [5.74, 6) is -0.277. The highest BCUT2D eigenvalue weighted by molar-refractivity contribution is 5.56. The second kappa shape index (κ2) is 7.46. The molecule has 1 N–H and O–H groups in total. The van der Waals surface area contributed by atoms with Gasteiger partial charge in [0.1, 0.15) is 5.82 Å². The van der Waals surface area contributed by atoms with Gasteiger partial charge < -0.3 is 14.7 Å². The van der Waals surface area contributed by atoms with E-state index < -0.39 is 6.10 Å². The third-order valence-corrected chi connectivity index (χ3v) is 3.19. The third kappa shape index (κ3) is 4.18. The van der Waals surface area contributed by atoms with Gasteiger partial charge in [-0.05, 0) is 45.4 Å². The zero-order chi connectivity index (χ0) is 14.4. The van der Waals surface area contributed by atoms with E-state index in [1.807, 2.05) is 13.8 Å². The molecule has 0 heterocycles. The molecule has 0 radical (unpaired) electrons. The molecule has 1 atom stereocenters. The zero-order valence-electron chi connectivity index (χ0n) is 12.2. The fraction of sp³-hybridized carbons (Fsp3) is 0.600. The summed E-state index contributed by atoms with van der Waals surface area (Å²) in [6, 6.07) is 3.23. The molecule has 1 rings (SSSR count). The van der Waals surface area contributed by atoms with Crippen LogP contribution in [0.4, 0.5) is 10.1 Å². The van der Waals surface area contributed by atoms with Gasteiger partial charge in [-0.1, -0.05) is 0 Å². The van der Waals surface area contributed by atoms with Crippen molar-refractivity contribution in [2.24, 2.45) is 0 Å². The van der Waals surface area contributed by atoms with Crippen LogP contribution in [0.25, 0.3) is 0 Å². The molecule has 0 aliphatic heterocycles. The molecule has 0 unspecified atom stereocenters. The van der Waals surface area contributed by atoms with Crippen LogP contribution in [0, 0.1) is 12.7 Å². The molecule has 0 aliphatic carbocycles. The fourth-order valence-corrected chi connectivity index (χ4v) is 2.06. The van der Waals surface area contributed by atoms with Crippen molar-refractivity contribution in [2.75, 3.05) is 31.2 Å². The van der Waals surface area contributed by atoms with Gasteiger partial charge in [0.2, 0.25) is 0 Å². The van der Waals surface area contributed by atoms with Crippen LogP contribution in [-0.2, 0) is 4.74 Å². The maximum Gasteiger partial charge on any atom is 0.126 e. The number of aryl methyl sites for hydroxylation is 1. The van der Waals surface area contributed by atoms with Crippen molar-refractivity contribution < 1.29 is 14.2 Å². The maximum absolute atomic E-state index is 13.6. The highest BCUT2D eigenvalue weighted by Crippen LogP contribution is 2.29. The monoisotopic (exact) mass is 269 g/mol. The van der Waals surface area contributed by atoms with Crippen molar-refractivity contribution in [1.29, 1.82) is 0 Å². The molecule has 19 heavy (non-hydrogen) atoms. The van der Waals surface area contributed by atoms with Crippen molar-refractivity contribution >= 4 is 5.69 Å². The Balaban J connectivity index is 3.03. The average molecular weight is 269 g/mol. The van der Waals surface area contributed by atoms with Gasteiger partial charge in [0.05, 0.1) is 12.7 Å². The van der Waals surface area contributed by atoms with Gasteiger partial charge in [-0.2, -0.15) is 0 Å². The van der Waals surface area contributed by atoms with Gasteiger partial charge in [0, 0.05) is 30.9 Å². The number of hydrogen-bond acceptors (Lipinski definition) is 3. The van der Waals surface area contributed by atoms with Crippen molar-refractivity contribution in [3.05, 3.63) is 29.1 Å². The van der Waals surface area contributed by atoms with Crippen LogP contribution in [0.1, 0.15) is 38.0 Å². The first kappa shape index (κ1) is 15.9. The molecule has 1 aromatic carbocycles. The number of hydrogen-bond donors (Lipinski definition) is 1. The molecule has 108 valence electrons. The van der Waals surface area contributed by atoms with E-state index in [2.05, 4.69) is 4.90 Å². The lowest BCUT2D eigenvalue weighted by atomic mass is 10.0. The predicted molar refractivity (Wildman–Crippen MR) is 76.2 cm³/mol. The van der Waals surface area contributed by atoms with Crippen molar-refractivity contribution in [1.82, 2.24) is 0 Å². The van der Waals surface area contributed by atoms with Crippen LogP contribution in [0.15, 0.2) is 12.1 Å². The van der Waals surface area contributed by atoms with Crippen LogP contribution in [0.2, 0.25) is 0 Å². The van der Waals surface area contributed by atoms with E-state index in [4.69, 9.17) is 4.74 Å². The Bertz CT molecular complexity index is 407. The van der Waals surface area contributed by atoms with E-state index in [0.29, 0.717) is 24.3 Å². The van der Waals surface area contributed by atoms with E-state index in [1.165, 1.54) is 6.07 Å². The van der Waals surface area contributed by atoms with Crippen LogP contribution < -0.4 is 4.90 Å².